The lowest BCUT2D eigenvalue weighted by atomic mass is 9.93. The molecular formula is C9H18N+. The maximum atomic E-state index is 3.98. The Balaban J connectivity index is 4.40. The van der Waals surface area contributed by atoms with Crippen molar-refractivity contribution in [2.45, 2.75) is 32.7 Å². The molecule has 0 fully saturated rings. The van der Waals surface area contributed by atoms with E-state index in [1.807, 2.05) is 11.6 Å². The van der Waals surface area contributed by atoms with Gasteiger partial charge in [-0.2, -0.15) is 0 Å². The Morgan fingerprint density at radius 1 is 1.50 bits per heavy atom. The molecule has 0 aliphatic heterocycles. The van der Waals surface area contributed by atoms with E-state index in [0.29, 0.717) is 0 Å². The zero-order chi connectivity index (χ0) is 8.36. The van der Waals surface area contributed by atoms with Crippen LogP contribution in [0.1, 0.15) is 27.2 Å². The second-order valence-electron chi connectivity index (χ2n) is 3.21. The van der Waals surface area contributed by atoms with Crippen LogP contribution in [0.2, 0.25) is 0 Å². The first-order valence-corrected chi connectivity index (χ1v) is 3.65. The van der Waals surface area contributed by atoms with Crippen LogP contribution in [0.3, 0.4) is 0 Å². The monoisotopic (exact) mass is 140 g/mol. The molecule has 0 rings (SSSR count). The van der Waals surface area contributed by atoms with Crippen molar-refractivity contribution in [3.05, 3.63) is 12.2 Å². The van der Waals surface area contributed by atoms with E-state index in [2.05, 4.69) is 34.1 Å². The maximum Gasteiger partial charge on any atom is 0.177 e. The second kappa shape index (κ2) is 3.00. The summed E-state index contributed by atoms with van der Waals surface area (Å²) in [4.78, 5) is 0. The largest absolute Gasteiger partial charge is 0.236 e. The van der Waals surface area contributed by atoms with Crippen LogP contribution in [0.5, 0.6) is 0 Å². The average molecular weight is 140 g/mol. The summed E-state index contributed by atoms with van der Waals surface area (Å²) >= 11 is 0. The highest BCUT2D eigenvalue weighted by molar-refractivity contribution is 5.18. The van der Waals surface area contributed by atoms with Gasteiger partial charge in [-0.05, 0) is 12.0 Å². The topological polar surface area (TPSA) is 3.01 Å². The van der Waals surface area contributed by atoms with Crippen LogP contribution in [-0.4, -0.2) is 23.9 Å². The third kappa shape index (κ3) is 1.69. The van der Waals surface area contributed by atoms with Gasteiger partial charge in [0.1, 0.15) is 13.8 Å². The zero-order valence-electron chi connectivity index (χ0n) is 7.57. The van der Waals surface area contributed by atoms with Gasteiger partial charge in [0.2, 0.25) is 0 Å². The van der Waals surface area contributed by atoms with E-state index in [1.165, 1.54) is 5.57 Å². The van der Waals surface area contributed by atoms with Crippen molar-refractivity contribution in [2.24, 2.45) is 0 Å². The van der Waals surface area contributed by atoms with Crippen molar-refractivity contribution < 1.29 is 4.58 Å². The van der Waals surface area contributed by atoms with Gasteiger partial charge < -0.3 is 0 Å². The molecule has 0 N–H and O–H groups in total. The molecule has 10 heavy (non-hydrogen) atoms. The number of nitrogens with zero attached hydrogens (tertiary/aromatic N) is 1. The van der Waals surface area contributed by atoms with Crippen molar-refractivity contribution in [2.75, 3.05) is 7.05 Å². The van der Waals surface area contributed by atoms with Crippen molar-refractivity contribution in [1.82, 2.24) is 0 Å². The molecule has 0 radical (unpaired) electrons. The highest BCUT2D eigenvalue weighted by Gasteiger charge is 2.27. The fourth-order valence-corrected chi connectivity index (χ4v) is 0.703. The fraction of sp³-hybridized carbons (Fsp3) is 0.667. The molecule has 0 amide bonds. The van der Waals surface area contributed by atoms with E-state index < -0.39 is 0 Å². The van der Waals surface area contributed by atoms with Gasteiger partial charge in [-0.15, -0.1) is 0 Å². The summed E-state index contributed by atoms with van der Waals surface area (Å²) in [7, 11) is 1.97. The van der Waals surface area contributed by atoms with Crippen LogP contribution in [0.25, 0.3) is 0 Å². The summed E-state index contributed by atoms with van der Waals surface area (Å²) in [5, 5.41) is 0. The summed E-state index contributed by atoms with van der Waals surface area (Å²) in [5.74, 6) is 0. The smallest absolute Gasteiger partial charge is 0.177 e. The maximum absolute atomic E-state index is 3.98. The van der Waals surface area contributed by atoms with Gasteiger partial charge in [0.25, 0.3) is 0 Å². The normalized spacial score (nSPS) is 11.2. The first-order valence-electron chi connectivity index (χ1n) is 3.65. The van der Waals surface area contributed by atoms with Gasteiger partial charge in [0, 0.05) is 13.8 Å². The van der Waals surface area contributed by atoms with Crippen LogP contribution in [0, 0.1) is 0 Å². The molecule has 0 aromatic rings. The molecule has 0 aliphatic carbocycles. The van der Waals surface area contributed by atoms with Crippen molar-refractivity contribution in [3.8, 4) is 0 Å². The average Bonchev–Trinajstić information content (AvgIpc) is 1.86. The van der Waals surface area contributed by atoms with E-state index in [4.69, 9.17) is 0 Å². The molecule has 0 aromatic carbocycles. The predicted octanol–water partition coefficient (Wildman–Crippen LogP) is 2.07. The second-order valence-corrected chi connectivity index (χ2v) is 3.21. The number of rotatable bonds is 3. The first-order chi connectivity index (χ1) is 4.42. The minimum absolute atomic E-state index is 0.0365. The van der Waals surface area contributed by atoms with Gasteiger partial charge in [-0.25, -0.2) is 4.58 Å². The molecule has 0 aliphatic rings. The van der Waals surface area contributed by atoms with Gasteiger partial charge in [-0.1, -0.05) is 13.5 Å². The van der Waals surface area contributed by atoms with E-state index in [0.717, 1.165) is 6.42 Å². The van der Waals surface area contributed by atoms with Gasteiger partial charge in [0.15, 0.2) is 5.54 Å². The lowest BCUT2D eigenvalue weighted by Crippen LogP contribution is -2.34. The molecule has 0 heterocycles. The van der Waals surface area contributed by atoms with Crippen LogP contribution in [-0.2, 0) is 0 Å². The Labute approximate surface area is 64.1 Å². The van der Waals surface area contributed by atoms with Gasteiger partial charge in [-0.3, -0.25) is 0 Å². The van der Waals surface area contributed by atoms with Crippen LogP contribution in [0.15, 0.2) is 12.2 Å². The number of likely N-dealkylation sites (N-methyl/N-ethyl adjacent to an activating group) is 1. The predicted molar refractivity (Wildman–Crippen MR) is 46.8 cm³/mol. The summed E-state index contributed by atoms with van der Waals surface area (Å²) < 4.78 is 1.94. The third-order valence-electron chi connectivity index (χ3n) is 2.25. The van der Waals surface area contributed by atoms with Gasteiger partial charge >= 0.3 is 0 Å². The Morgan fingerprint density at radius 3 is 2.00 bits per heavy atom. The van der Waals surface area contributed by atoms with Crippen LogP contribution < -0.4 is 0 Å². The highest BCUT2D eigenvalue weighted by atomic mass is 15.0. The Kier molecular flexibility index (Phi) is 2.82. The van der Waals surface area contributed by atoms with E-state index in [-0.39, 0.29) is 5.54 Å². The van der Waals surface area contributed by atoms with Crippen LogP contribution in [0.4, 0.5) is 0 Å². The number of hydrogen-bond acceptors (Lipinski definition) is 0. The summed E-state index contributed by atoms with van der Waals surface area (Å²) in [6, 6.07) is 0. The highest BCUT2D eigenvalue weighted by Crippen LogP contribution is 2.19. The molecule has 0 saturated carbocycles. The SMILES string of the molecule is C=C(CC)C(C)(C)[N+](=C)C. The molecule has 0 spiro atoms. The zero-order valence-corrected chi connectivity index (χ0v) is 7.57. The molecule has 0 bridgehead atoms. The van der Waals surface area contributed by atoms with Crippen molar-refractivity contribution in [3.63, 3.8) is 0 Å². The summed E-state index contributed by atoms with van der Waals surface area (Å²) in [6.07, 6.45) is 1.02. The van der Waals surface area contributed by atoms with E-state index in [1.54, 1.807) is 0 Å². The lowest BCUT2D eigenvalue weighted by molar-refractivity contribution is -0.556. The van der Waals surface area contributed by atoms with Crippen molar-refractivity contribution in [1.29, 1.82) is 0 Å². The van der Waals surface area contributed by atoms with E-state index in [9.17, 15) is 0 Å². The summed E-state index contributed by atoms with van der Waals surface area (Å²) in [5.41, 5.74) is 1.26. The molecule has 0 aromatic heterocycles. The Bertz CT molecular complexity index is 154. The fourth-order valence-electron chi connectivity index (χ4n) is 0.703. The van der Waals surface area contributed by atoms with E-state index >= 15 is 0 Å². The third-order valence-corrected chi connectivity index (χ3v) is 2.25. The summed E-state index contributed by atoms with van der Waals surface area (Å²) in [6.45, 7) is 14.2. The molecule has 0 atom stereocenters. The van der Waals surface area contributed by atoms with Crippen molar-refractivity contribution >= 4 is 6.72 Å². The quantitative estimate of drug-likeness (QED) is 0.321. The minimum Gasteiger partial charge on any atom is -0.236 e. The molecule has 0 unspecified atom stereocenters. The first kappa shape index (κ1) is 9.41. The Hall–Kier alpha value is -0.590. The Morgan fingerprint density at radius 2 is 1.90 bits per heavy atom. The standard InChI is InChI=1S/C9H18N/c1-7-8(2)9(3,4)10(5)6/h2,5,7H2,1,3-4,6H3/q+1. The van der Waals surface area contributed by atoms with Crippen LogP contribution >= 0.6 is 0 Å². The molecule has 58 valence electrons. The lowest BCUT2D eigenvalue weighted by Gasteiger charge is -2.21. The molecule has 0 saturated heterocycles. The van der Waals surface area contributed by atoms with Gasteiger partial charge in [0.05, 0.1) is 0 Å². The molecular weight excluding hydrogens is 122 g/mol. The molecule has 1 heteroatoms. The minimum atomic E-state index is 0.0365. The number of hydrogen-bond donors (Lipinski definition) is 0. The molecule has 1 nitrogen and oxygen atoms in total.